The molecular formula is C21H17ClN4O4S3. The van der Waals surface area contributed by atoms with Crippen LogP contribution >= 0.6 is 34.3 Å². The van der Waals surface area contributed by atoms with Crippen molar-refractivity contribution in [2.75, 3.05) is 26.2 Å². The van der Waals surface area contributed by atoms with Gasteiger partial charge in [0, 0.05) is 48.0 Å². The molecule has 1 aliphatic heterocycles. The number of hydrogen-bond donors (Lipinski definition) is 0. The van der Waals surface area contributed by atoms with E-state index in [1.807, 2.05) is 0 Å². The zero-order valence-electron chi connectivity index (χ0n) is 17.0. The van der Waals surface area contributed by atoms with E-state index >= 15 is 0 Å². The van der Waals surface area contributed by atoms with Crippen LogP contribution in [0.1, 0.15) is 9.80 Å². The van der Waals surface area contributed by atoms with Crippen molar-refractivity contribution in [3.05, 3.63) is 70.1 Å². The number of carbonyl (C=O) groups excluding carboxylic acids is 1. The number of piperazine rings is 1. The largest absolute Gasteiger partial charge is 0.618 e. The van der Waals surface area contributed by atoms with E-state index in [2.05, 4.69) is 4.98 Å². The summed E-state index contributed by atoms with van der Waals surface area (Å²) in [6, 6.07) is 12.0. The Labute approximate surface area is 202 Å². The first kappa shape index (κ1) is 22.2. The highest BCUT2D eigenvalue weighted by Crippen LogP contribution is 2.33. The first-order chi connectivity index (χ1) is 15.8. The molecule has 0 saturated carbocycles. The second-order valence-corrected chi connectivity index (χ2v) is 12.1. The minimum atomic E-state index is -3.67. The molecule has 4 heterocycles. The van der Waals surface area contributed by atoms with Crippen LogP contribution < -0.4 is 4.73 Å². The maximum Gasteiger partial charge on any atom is 0.282 e. The van der Waals surface area contributed by atoms with Gasteiger partial charge in [0.05, 0.1) is 6.20 Å². The van der Waals surface area contributed by atoms with Gasteiger partial charge in [-0.2, -0.15) is 9.04 Å². The van der Waals surface area contributed by atoms with Crippen molar-refractivity contribution in [1.82, 2.24) is 14.2 Å². The summed E-state index contributed by atoms with van der Waals surface area (Å²) in [6.45, 7) is 0.911. The van der Waals surface area contributed by atoms with Crippen molar-refractivity contribution in [3.63, 3.8) is 0 Å². The Balaban J connectivity index is 1.28. The smallest absolute Gasteiger partial charge is 0.282 e. The predicted molar refractivity (Wildman–Crippen MR) is 128 cm³/mol. The number of rotatable bonds is 4. The number of nitrogens with zero attached hydrogens (tertiary/aromatic N) is 4. The summed E-state index contributed by atoms with van der Waals surface area (Å²) < 4.78 is 29.5. The molecule has 8 nitrogen and oxygen atoms in total. The van der Waals surface area contributed by atoms with Crippen LogP contribution in [0, 0.1) is 5.21 Å². The SMILES string of the molecule is O=C(c1ncc(-c2cccc[n+]2[O-])s1)N1CCN(S(=O)(=O)c2cc3ccc(Cl)cc3s2)CC1. The van der Waals surface area contributed by atoms with Gasteiger partial charge in [-0.05, 0) is 29.7 Å². The van der Waals surface area contributed by atoms with Crippen LogP contribution in [0.4, 0.5) is 0 Å². The number of benzene rings is 1. The van der Waals surface area contributed by atoms with Crippen LogP contribution in [0.15, 0.2) is 59.1 Å². The Hall–Kier alpha value is -2.57. The molecule has 170 valence electrons. The molecule has 12 heteroatoms. The maximum atomic E-state index is 13.1. The average molecular weight is 521 g/mol. The van der Waals surface area contributed by atoms with Crippen LogP contribution in [0.3, 0.4) is 0 Å². The van der Waals surface area contributed by atoms with Gasteiger partial charge in [-0.1, -0.05) is 17.7 Å². The van der Waals surface area contributed by atoms with Gasteiger partial charge < -0.3 is 10.1 Å². The van der Waals surface area contributed by atoms with E-state index < -0.39 is 10.0 Å². The van der Waals surface area contributed by atoms with E-state index in [-0.39, 0.29) is 41.3 Å². The Bertz CT molecular complexity index is 1460. The summed E-state index contributed by atoms with van der Waals surface area (Å²) in [4.78, 5) is 19.3. The minimum absolute atomic E-state index is 0.195. The molecule has 0 unspecified atom stereocenters. The van der Waals surface area contributed by atoms with Crippen LogP contribution in [-0.2, 0) is 10.0 Å². The van der Waals surface area contributed by atoms with Crippen LogP contribution in [-0.4, -0.2) is 54.7 Å². The normalized spacial score (nSPS) is 15.2. The highest BCUT2D eigenvalue weighted by Gasteiger charge is 2.32. The molecule has 1 saturated heterocycles. The van der Waals surface area contributed by atoms with Crippen LogP contribution in [0.2, 0.25) is 5.02 Å². The van der Waals surface area contributed by atoms with E-state index in [0.29, 0.717) is 15.6 Å². The Kier molecular flexibility index (Phi) is 5.83. The summed E-state index contributed by atoms with van der Waals surface area (Å²) in [7, 11) is -3.67. The monoisotopic (exact) mass is 520 g/mol. The summed E-state index contributed by atoms with van der Waals surface area (Å²) in [5.41, 5.74) is 0.426. The lowest BCUT2D eigenvalue weighted by Gasteiger charge is -2.33. The fourth-order valence-electron chi connectivity index (χ4n) is 3.61. The third-order valence-electron chi connectivity index (χ3n) is 5.34. The number of halogens is 1. The van der Waals surface area contributed by atoms with Gasteiger partial charge in [0.15, 0.2) is 11.2 Å². The summed E-state index contributed by atoms with van der Waals surface area (Å²) in [5.74, 6) is -0.270. The zero-order valence-corrected chi connectivity index (χ0v) is 20.3. The van der Waals surface area contributed by atoms with Crippen molar-refractivity contribution in [2.45, 2.75) is 4.21 Å². The lowest BCUT2D eigenvalue weighted by Crippen LogP contribution is -2.50. The fourth-order valence-corrected chi connectivity index (χ4v) is 7.76. The number of hydrogen-bond acceptors (Lipinski definition) is 7. The number of sulfonamides is 1. The number of thiophene rings is 1. The Morgan fingerprint density at radius 2 is 1.88 bits per heavy atom. The highest BCUT2D eigenvalue weighted by molar-refractivity contribution is 7.91. The number of aromatic nitrogens is 2. The molecular weight excluding hydrogens is 504 g/mol. The number of pyridine rings is 1. The quantitative estimate of drug-likeness (QED) is 0.303. The van der Waals surface area contributed by atoms with Gasteiger partial charge in [-0.25, -0.2) is 13.4 Å². The van der Waals surface area contributed by atoms with E-state index in [1.54, 1.807) is 47.4 Å². The maximum absolute atomic E-state index is 13.1. The van der Waals surface area contributed by atoms with Gasteiger partial charge in [-0.15, -0.1) is 22.7 Å². The predicted octanol–water partition coefficient (Wildman–Crippen LogP) is 3.46. The summed E-state index contributed by atoms with van der Waals surface area (Å²) in [6.07, 6.45) is 2.90. The molecule has 1 amide bonds. The second kappa shape index (κ2) is 8.65. The number of carbonyl (C=O) groups is 1. The molecule has 3 aromatic heterocycles. The number of fused-ring (bicyclic) bond motifs is 1. The molecule has 0 spiro atoms. The minimum Gasteiger partial charge on any atom is -0.618 e. The standard InChI is InChI=1S/C21H17ClN4O4S3/c22-15-5-4-14-11-19(31-17(14)12-15)33(29,30)25-9-7-24(8-10-25)21(27)20-23-13-18(32-20)16-3-1-2-6-26(16)28/h1-6,11-13H,7-10H2. The van der Waals surface area contributed by atoms with Crippen molar-refractivity contribution in [3.8, 4) is 10.6 Å². The molecule has 5 rings (SSSR count). The fraction of sp³-hybridized carbons (Fsp3) is 0.190. The van der Waals surface area contributed by atoms with E-state index in [4.69, 9.17) is 11.6 Å². The molecule has 1 fully saturated rings. The van der Waals surface area contributed by atoms with Gasteiger partial charge in [-0.3, -0.25) is 4.79 Å². The first-order valence-electron chi connectivity index (χ1n) is 9.96. The van der Waals surface area contributed by atoms with Gasteiger partial charge >= 0.3 is 0 Å². The molecule has 0 bridgehead atoms. The average Bonchev–Trinajstić information content (AvgIpc) is 3.46. The van der Waals surface area contributed by atoms with E-state index in [0.717, 1.165) is 26.2 Å². The number of thiazole rings is 1. The Morgan fingerprint density at radius 1 is 1.09 bits per heavy atom. The Morgan fingerprint density at radius 3 is 2.64 bits per heavy atom. The van der Waals surface area contributed by atoms with Gasteiger partial charge in [0.25, 0.3) is 15.9 Å². The topological polar surface area (TPSA) is 97.5 Å². The lowest BCUT2D eigenvalue weighted by atomic mass is 10.3. The van der Waals surface area contributed by atoms with Gasteiger partial charge in [0.2, 0.25) is 5.69 Å². The molecule has 1 aromatic carbocycles. The molecule has 0 N–H and O–H groups in total. The van der Waals surface area contributed by atoms with Crippen LogP contribution in [0.25, 0.3) is 20.7 Å². The van der Waals surface area contributed by atoms with Crippen molar-refractivity contribution in [1.29, 1.82) is 0 Å². The van der Waals surface area contributed by atoms with Gasteiger partial charge in [0.1, 0.15) is 9.09 Å². The van der Waals surface area contributed by atoms with E-state index in [9.17, 15) is 18.4 Å². The summed E-state index contributed by atoms with van der Waals surface area (Å²) >= 11 is 8.35. The third kappa shape index (κ3) is 4.22. The number of amides is 1. The van der Waals surface area contributed by atoms with Crippen molar-refractivity contribution < 1.29 is 17.9 Å². The molecule has 0 radical (unpaired) electrons. The lowest BCUT2D eigenvalue weighted by molar-refractivity contribution is -0.593. The molecule has 4 aromatic rings. The van der Waals surface area contributed by atoms with Crippen LogP contribution in [0.5, 0.6) is 0 Å². The molecule has 33 heavy (non-hydrogen) atoms. The molecule has 0 aliphatic carbocycles. The zero-order chi connectivity index (χ0) is 23.2. The van der Waals surface area contributed by atoms with Crippen molar-refractivity contribution in [2.24, 2.45) is 0 Å². The highest BCUT2D eigenvalue weighted by atomic mass is 35.5. The van der Waals surface area contributed by atoms with E-state index in [1.165, 1.54) is 28.0 Å². The second-order valence-electron chi connectivity index (χ2n) is 7.39. The summed E-state index contributed by atoms with van der Waals surface area (Å²) in [5, 5.41) is 13.6. The van der Waals surface area contributed by atoms with Crippen molar-refractivity contribution >= 4 is 60.3 Å². The third-order valence-corrected chi connectivity index (χ3v) is 10.0. The molecule has 0 atom stereocenters. The first-order valence-corrected chi connectivity index (χ1v) is 13.4. The molecule has 1 aliphatic rings.